The molecule has 10 heteroatoms. The number of rotatable bonds is 1. The third-order valence-corrected chi connectivity index (χ3v) is 1.71. The highest BCUT2D eigenvalue weighted by Gasteiger charge is 2.14. The highest BCUT2D eigenvalue weighted by atomic mass is 19.4. The standard InChI is InChI=1S/C8H8N4O.BF3.FH/c1-6(2)11-8-7(12(13)10-11)4-3-5-9-8;2-1(3)4;/h3-5H,1H2,2H3;;1H/p-1. The van der Waals surface area contributed by atoms with Crippen molar-refractivity contribution < 1.29 is 22.5 Å². The van der Waals surface area contributed by atoms with Gasteiger partial charge in [-0.05, 0) is 19.1 Å². The molecule has 2 aromatic heterocycles. The fraction of sp³-hybridized carbons (Fsp3) is 0.125. The van der Waals surface area contributed by atoms with Crippen LogP contribution in [0.5, 0.6) is 0 Å². The van der Waals surface area contributed by atoms with Crippen LogP contribution in [-0.2, 0) is 0 Å². The lowest BCUT2D eigenvalue weighted by Crippen LogP contribution is -3.00. The van der Waals surface area contributed by atoms with Crippen LogP contribution < -0.4 is 9.55 Å². The van der Waals surface area contributed by atoms with Crippen molar-refractivity contribution in [2.45, 2.75) is 6.92 Å². The zero-order valence-electron chi connectivity index (χ0n) is 9.23. The number of hydrogen-bond donors (Lipinski definition) is 0. The maximum atomic E-state index is 11.2. The second kappa shape index (κ2) is 6.57. The van der Waals surface area contributed by atoms with Crippen LogP contribution in [0.1, 0.15) is 6.92 Å². The predicted molar refractivity (Wildman–Crippen MR) is 56.6 cm³/mol. The summed E-state index contributed by atoms with van der Waals surface area (Å²) in [6.45, 7) is 5.46. The molecule has 0 N–H and O–H groups in total. The lowest BCUT2D eigenvalue weighted by atomic mass is 10.4. The molecular formula is C8H8BF4N4O-. The summed E-state index contributed by atoms with van der Waals surface area (Å²) in [4.78, 5) is 4.58. The van der Waals surface area contributed by atoms with E-state index in [-0.39, 0.29) is 4.70 Å². The second-order valence-corrected chi connectivity index (χ2v) is 3.00. The van der Waals surface area contributed by atoms with E-state index >= 15 is 0 Å². The van der Waals surface area contributed by atoms with E-state index in [1.807, 2.05) is 0 Å². The molecule has 2 aromatic rings. The minimum atomic E-state index is -3.67. The minimum absolute atomic E-state index is 0. The van der Waals surface area contributed by atoms with Crippen LogP contribution in [0.3, 0.4) is 0 Å². The first kappa shape index (κ1) is 15.9. The van der Waals surface area contributed by atoms with E-state index in [4.69, 9.17) is 0 Å². The topological polar surface area (TPSA) is 57.6 Å². The van der Waals surface area contributed by atoms with Crippen molar-refractivity contribution in [1.29, 1.82) is 0 Å². The third kappa shape index (κ3) is 3.72. The number of hydrogen-bond acceptors (Lipinski definition) is 3. The highest BCUT2D eigenvalue weighted by Crippen LogP contribution is 2.08. The Labute approximate surface area is 99.7 Å². The van der Waals surface area contributed by atoms with Crippen LogP contribution in [0.15, 0.2) is 24.9 Å². The lowest BCUT2D eigenvalue weighted by molar-refractivity contribution is -0.645. The van der Waals surface area contributed by atoms with Crippen molar-refractivity contribution in [1.82, 2.24) is 14.9 Å². The Morgan fingerprint density at radius 1 is 1.50 bits per heavy atom. The van der Waals surface area contributed by atoms with E-state index in [1.165, 1.54) is 4.68 Å². The van der Waals surface area contributed by atoms with E-state index in [0.29, 0.717) is 21.7 Å². The van der Waals surface area contributed by atoms with Gasteiger partial charge in [-0.2, -0.15) is 0 Å². The molecule has 0 aliphatic rings. The van der Waals surface area contributed by atoms with E-state index in [1.54, 1.807) is 25.3 Å². The van der Waals surface area contributed by atoms with E-state index in [2.05, 4.69) is 16.8 Å². The van der Waals surface area contributed by atoms with Crippen molar-refractivity contribution in [3.63, 3.8) is 0 Å². The Morgan fingerprint density at radius 3 is 2.56 bits per heavy atom. The van der Waals surface area contributed by atoms with Gasteiger partial charge in [-0.25, -0.2) is 4.98 Å². The number of aromatic nitrogens is 4. The van der Waals surface area contributed by atoms with E-state index in [9.17, 15) is 18.2 Å². The number of halogens is 4. The quantitative estimate of drug-likeness (QED) is 0.270. The Bertz CT molecular complexity index is 530. The average Bonchev–Trinajstić information content (AvgIpc) is 2.56. The Kier molecular flexibility index (Phi) is 5.80. The fourth-order valence-electron chi connectivity index (χ4n) is 1.13. The Balaban J connectivity index is 0.000000512. The van der Waals surface area contributed by atoms with Crippen LogP contribution in [-0.4, -0.2) is 22.4 Å². The van der Waals surface area contributed by atoms with Crippen LogP contribution in [0.2, 0.25) is 0 Å². The molecule has 98 valence electrons. The fourth-order valence-corrected chi connectivity index (χ4v) is 1.13. The molecular weight excluding hydrogens is 255 g/mol. The van der Waals surface area contributed by atoms with Crippen LogP contribution in [0, 0.1) is 5.21 Å². The molecule has 0 saturated carbocycles. The van der Waals surface area contributed by atoms with Crippen LogP contribution in [0.4, 0.5) is 12.9 Å². The molecule has 0 aliphatic carbocycles. The summed E-state index contributed by atoms with van der Waals surface area (Å²) in [7, 11) is -3.67. The van der Waals surface area contributed by atoms with Crippen molar-refractivity contribution in [3.05, 3.63) is 30.1 Å². The maximum Gasteiger partial charge on any atom is 0.762 e. The summed E-state index contributed by atoms with van der Waals surface area (Å²) < 4.78 is 30.4. The summed E-state index contributed by atoms with van der Waals surface area (Å²) in [5.41, 5.74) is 1.65. The summed E-state index contributed by atoms with van der Waals surface area (Å²) in [6, 6.07) is 3.36. The van der Waals surface area contributed by atoms with E-state index in [0.717, 1.165) is 0 Å². The highest BCUT2D eigenvalue weighted by molar-refractivity contribution is 6.33. The SMILES string of the molecule is C=C(C)n1n[n+]([O-])c2cccnc21.FB(F)F.[F-]. The summed E-state index contributed by atoms with van der Waals surface area (Å²) in [6.07, 6.45) is 1.61. The molecule has 2 rings (SSSR count). The molecule has 0 fully saturated rings. The predicted octanol–water partition coefficient (Wildman–Crippen LogP) is -1.56. The minimum Gasteiger partial charge on any atom is -1.00 e. The summed E-state index contributed by atoms with van der Waals surface area (Å²) >= 11 is 0. The normalized spacial score (nSPS) is 9.11. The van der Waals surface area contributed by atoms with Gasteiger partial charge in [0.15, 0.2) is 0 Å². The van der Waals surface area contributed by atoms with Gasteiger partial charge in [0, 0.05) is 6.20 Å². The average molecular weight is 263 g/mol. The molecule has 0 bridgehead atoms. The first-order valence-corrected chi connectivity index (χ1v) is 4.45. The molecule has 0 amide bonds. The van der Waals surface area contributed by atoms with Gasteiger partial charge >= 0.3 is 7.54 Å². The zero-order valence-corrected chi connectivity index (χ0v) is 9.23. The molecule has 5 nitrogen and oxygen atoms in total. The molecule has 18 heavy (non-hydrogen) atoms. The van der Waals surface area contributed by atoms with Crippen molar-refractivity contribution in [2.75, 3.05) is 0 Å². The Hall–Kier alpha value is -2.13. The summed E-state index contributed by atoms with van der Waals surface area (Å²) in [5, 5.41) is 14.9. The lowest BCUT2D eigenvalue weighted by Gasteiger charge is -1.88. The monoisotopic (exact) mass is 263 g/mol. The number of pyridine rings is 1. The van der Waals surface area contributed by atoms with Gasteiger partial charge in [0.25, 0.3) is 5.65 Å². The van der Waals surface area contributed by atoms with Crippen molar-refractivity contribution >= 4 is 24.4 Å². The molecule has 0 aromatic carbocycles. The van der Waals surface area contributed by atoms with Gasteiger partial charge < -0.3 is 9.91 Å². The van der Waals surface area contributed by atoms with Crippen LogP contribution >= 0.6 is 0 Å². The van der Waals surface area contributed by atoms with E-state index < -0.39 is 7.54 Å². The summed E-state index contributed by atoms with van der Waals surface area (Å²) in [5.74, 6) is 0. The third-order valence-electron chi connectivity index (χ3n) is 1.71. The van der Waals surface area contributed by atoms with Crippen molar-refractivity contribution in [2.24, 2.45) is 0 Å². The zero-order chi connectivity index (χ0) is 13.0. The smallest absolute Gasteiger partial charge is 0.762 e. The molecule has 2 heterocycles. The molecule has 0 aliphatic heterocycles. The number of allylic oxidation sites excluding steroid dienone is 1. The van der Waals surface area contributed by atoms with Gasteiger partial charge in [0.1, 0.15) is 10.9 Å². The number of nitrogens with zero attached hydrogens (tertiary/aromatic N) is 4. The largest absolute Gasteiger partial charge is 1.00 e. The molecule has 0 radical (unpaired) electrons. The van der Waals surface area contributed by atoms with Gasteiger partial charge in [0.05, 0.1) is 0 Å². The van der Waals surface area contributed by atoms with Crippen LogP contribution in [0.25, 0.3) is 16.9 Å². The molecule has 0 atom stereocenters. The maximum absolute atomic E-state index is 11.2. The molecule has 0 unspecified atom stereocenters. The number of fused-ring (bicyclic) bond motifs is 1. The molecule has 0 spiro atoms. The second-order valence-electron chi connectivity index (χ2n) is 3.00. The molecule has 0 saturated heterocycles. The van der Waals surface area contributed by atoms with Gasteiger partial charge in [-0.3, -0.25) is 12.9 Å². The van der Waals surface area contributed by atoms with Gasteiger partial charge in [-0.15, -0.1) is 4.85 Å². The Morgan fingerprint density at radius 2 is 2.06 bits per heavy atom. The van der Waals surface area contributed by atoms with Gasteiger partial charge in [0.2, 0.25) is 5.52 Å². The van der Waals surface area contributed by atoms with Gasteiger partial charge in [-0.1, -0.05) is 11.3 Å². The first-order chi connectivity index (χ1) is 7.93. The first-order valence-electron chi connectivity index (χ1n) is 4.45. The van der Waals surface area contributed by atoms with Crippen molar-refractivity contribution in [3.8, 4) is 0 Å².